The zero-order chi connectivity index (χ0) is 19.4. The van der Waals surface area contributed by atoms with Crippen LogP contribution in [-0.2, 0) is 16.4 Å². The Hall–Kier alpha value is -2.12. The van der Waals surface area contributed by atoms with Crippen molar-refractivity contribution < 1.29 is 17.9 Å². The van der Waals surface area contributed by atoms with Crippen molar-refractivity contribution in [3.05, 3.63) is 47.8 Å². The van der Waals surface area contributed by atoms with Crippen LogP contribution in [0.2, 0.25) is 0 Å². The molecule has 6 nitrogen and oxygen atoms in total. The highest BCUT2D eigenvalue weighted by molar-refractivity contribution is 7.90. The zero-order valence-corrected chi connectivity index (χ0v) is 16.8. The first-order valence-electron chi connectivity index (χ1n) is 9.00. The van der Waals surface area contributed by atoms with Crippen LogP contribution in [0.25, 0.3) is 0 Å². The van der Waals surface area contributed by atoms with E-state index in [1.165, 1.54) is 6.26 Å². The Morgan fingerprint density at radius 2 is 2.04 bits per heavy atom. The molecule has 3 rings (SSSR count). The van der Waals surface area contributed by atoms with Gasteiger partial charge in [0.15, 0.2) is 9.84 Å². The van der Waals surface area contributed by atoms with Crippen LogP contribution >= 0.6 is 0 Å². The summed E-state index contributed by atoms with van der Waals surface area (Å²) in [5.74, 6) is 1.72. The molecule has 1 aliphatic rings. The third kappa shape index (κ3) is 4.59. The summed E-state index contributed by atoms with van der Waals surface area (Å²) in [5, 5.41) is 0. The van der Waals surface area contributed by atoms with Crippen molar-refractivity contribution in [1.29, 1.82) is 0 Å². The molecule has 7 heteroatoms. The smallest absolute Gasteiger partial charge is 0.177 e. The standard InChI is InChI=1S/C20H26N2O4S/c1-25-17-8-9-18(26-2)16(12-17)14-22-11-5-6-15(13-22)20-19(27(3,23)24)7-4-10-21-20/h4,7-10,12,15H,5-6,11,13-14H2,1-3H3. The Balaban J connectivity index is 1.82. The number of sulfone groups is 1. The molecule has 2 heterocycles. The molecule has 0 radical (unpaired) electrons. The van der Waals surface area contributed by atoms with Gasteiger partial charge < -0.3 is 9.47 Å². The first-order valence-corrected chi connectivity index (χ1v) is 10.9. The van der Waals surface area contributed by atoms with E-state index in [0.717, 1.165) is 49.5 Å². The number of nitrogens with zero attached hydrogens (tertiary/aromatic N) is 2. The summed E-state index contributed by atoms with van der Waals surface area (Å²) in [4.78, 5) is 7.09. The maximum Gasteiger partial charge on any atom is 0.177 e. The first-order chi connectivity index (χ1) is 12.9. The molecule has 1 fully saturated rings. The van der Waals surface area contributed by atoms with Crippen molar-refractivity contribution in [3.8, 4) is 11.5 Å². The SMILES string of the molecule is COc1ccc(OC)c(CN2CCCC(c3ncccc3S(C)(=O)=O)C2)c1. The van der Waals surface area contributed by atoms with Crippen molar-refractivity contribution >= 4 is 9.84 Å². The molecule has 1 atom stereocenters. The minimum atomic E-state index is -3.30. The lowest BCUT2D eigenvalue weighted by atomic mass is 9.94. The predicted octanol–water partition coefficient (Wildman–Crippen LogP) is 2.88. The normalized spacial score (nSPS) is 18.3. The molecule has 1 aromatic heterocycles. The third-order valence-corrected chi connectivity index (χ3v) is 6.12. The molecule has 2 aromatic rings. The summed E-state index contributed by atoms with van der Waals surface area (Å²) in [6.07, 6.45) is 4.85. The average Bonchev–Trinajstić information content (AvgIpc) is 2.67. The largest absolute Gasteiger partial charge is 0.497 e. The van der Waals surface area contributed by atoms with Gasteiger partial charge >= 0.3 is 0 Å². The Labute approximate surface area is 161 Å². The van der Waals surface area contributed by atoms with Crippen molar-refractivity contribution in [2.24, 2.45) is 0 Å². The summed E-state index contributed by atoms with van der Waals surface area (Å²) >= 11 is 0. The lowest BCUT2D eigenvalue weighted by molar-refractivity contribution is 0.195. The molecule has 0 aliphatic carbocycles. The van der Waals surface area contributed by atoms with E-state index in [0.29, 0.717) is 10.6 Å². The Kier molecular flexibility index (Phi) is 6.01. The Bertz CT molecular complexity index is 899. The average molecular weight is 391 g/mol. The van der Waals surface area contributed by atoms with Gasteiger partial charge in [-0.2, -0.15) is 0 Å². The number of ether oxygens (including phenoxy) is 2. The van der Waals surface area contributed by atoms with E-state index in [9.17, 15) is 8.42 Å². The molecular weight excluding hydrogens is 364 g/mol. The summed E-state index contributed by atoms with van der Waals surface area (Å²) in [6, 6.07) is 9.12. The van der Waals surface area contributed by atoms with Crippen LogP contribution < -0.4 is 9.47 Å². The predicted molar refractivity (Wildman–Crippen MR) is 104 cm³/mol. The molecule has 1 unspecified atom stereocenters. The van der Waals surface area contributed by atoms with Crippen LogP contribution in [-0.4, -0.2) is 51.9 Å². The van der Waals surface area contributed by atoms with Gasteiger partial charge in [-0.25, -0.2) is 8.42 Å². The van der Waals surface area contributed by atoms with Gasteiger partial charge in [0.05, 0.1) is 24.8 Å². The fraction of sp³-hybridized carbons (Fsp3) is 0.450. The van der Waals surface area contributed by atoms with E-state index >= 15 is 0 Å². The lowest BCUT2D eigenvalue weighted by Gasteiger charge is -2.33. The monoisotopic (exact) mass is 390 g/mol. The van der Waals surface area contributed by atoms with Gasteiger partial charge in [-0.15, -0.1) is 0 Å². The third-order valence-electron chi connectivity index (χ3n) is 4.97. The molecule has 0 spiro atoms. The van der Waals surface area contributed by atoms with Crippen LogP contribution in [0, 0.1) is 0 Å². The molecule has 0 bridgehead atoms. The molecule has 0 saturated carbocycles. The fourth-order valence-corrected chi connectivity index (χ4v) is 4.62. The Morgan fingerprint density at radius 1 is 1.22 bits per heavy atom. The highest BCUT2D eigenvalue weighted by atomic mass is 32.2. The highest BCUT2D eigenvalue weighted by Crippen LogP contribution is 2.32. The molecule has 1 aromatic carbocycles. The Morgan fingerprint density at radius 3 is 2.74 bits per heavy atom. The second-order valence-corrected chi connectivity index (χ2v) is 8.90. The molecule has 0 amide bonds. The topological polar surface area (TPSA) is 68.7 Å². The van der Waals surface area contributed by atoms with Crippen LogP contribution in [0.5, 0.6) is 11.5 Å². The van der Waals surface area contributed by atoms with Crippen LogP contribution in [0.15, 0.2) is 41.4 Å². The maximum atomic E-state index is 12.1. The minimum absolute atomic E-state index is 0.0984. The quantitative estimate of drug-likeness (QED) is 0.755. The summed E-state index contributed by atoms with van der Waals surface area (Å²) < 4.78 is 35.1. The molecule has 0 N–H and O–H groups in total. The molecule has 27 heavy (non-hydrogen) atoms. The minimum Gasteiger partial charge on any atom is -0.497 e. The second kappa shape index (κ2) is 8.27. The van der Waals surface area contributed by atoms with Gasteiger partial charge in [-0.1, -0.05) is 0 Å². The van der Waals surface area contributed by atoms with Gasteiger partial charge in [-0.3, -0.25) is 9.88 Å². The van der Waals surface area contributed by atoms with Gasteiger partial charge in [0.1, 0.15) is 11.5 Å². The van der Waals surface area contributed by atoms with Crippen molar-refractivity contribution in [1.82, 2.24) is 9.88 Å². The first kappa shape index (κ1) is 19.6. The number of likely N-dealkylation sites (tertiary alicyclic amines) is 1. The van der Waals surface area contributed by atoms with E-state index in [2.05, 4.69) is 9.88 Å². The van der Waals surface area contributed by atoms with Gasteiger partial charge in [0.25, 0.3) is 0 Å². The summed E-state index contributed by atoms with van der Waals surface area (Å²) in [6.45, 7) is 2.44. The number of aromatic nitrogens is 1. The van der Waals surface area contributed by atoms with Gasteiger partial charge in [0, 0.05) is 37.0 Å². The van der Waals surface area contributed by atoms with E-state index in [-0.39, 0.29) is 5.92 Å². The zero-order valence-electron chi connectivity index (χ0n) is 16.0. The lowest BCUT2D eigenvalue weighted by Crippen LogP contribution is -2.34. The summed E-state index contributed by atoms with van der Waals surface area (Å²) in [7, 11) is 0.0160. The fourth-order valence-electron chi connectivity index (χ4n) is 3.69. The maximum absolute atomic E-state index is 12.1. The molecule has 1 aliphatic heterocycles. The second-order valence-electron chi connectivity index (χ2n) is 6.91. The van der Waals surface area contributed by atoms with Crippen LogP contribution in [0.1, 0.15) is 30.0 Å². The number of hydrogen-bond donors (Lipinski definition) is 0. The number of piperidine rings is 1. The number of hydrogen-bond acceptors (Lipinski definition) is 6. The van der Waals surface area contributed by atoms with Gasteiger partial charge in [-0.05, 0) is 49.7 Å². The molecular formula is C20H26N2O4S. The van der Waals surface area contributed by atoms with E-state index < -0.39 is 9.84 Å². The van der Waals surface area contributed by atoms with Crippen molar-refractivity contribution in [2.45, 2.75) is 30.2 Å². The van der Waals surface area contributed by atoms with E-state index in [1.807, 2.05) is 18.2 Å². The number of methoxy groups -OCH3 is 2. The van der Waals surface area contributed by atoms with Crippen molar-refractivity contribution in [2.75, 3.05) is 33.6 Å². The number of pyridine rings is 1. The van der Waals surface area contributed by atoms with Crippen LogP contribution in [0.3, 0.4) is 0 Å². The van der Waals surface area contributed by atoms with Crippen molar-refractivity contribution in [3.63, 3.8) is 0 Å². The van der Waals surface area contributed by atoms with E-state index in [4.69, 9.17) is 9.47 Å². The summed E-state index contributed by atoms with van der Waals surface area (Å²) in [5.41, 5.74) is 1.74. The number of rotatable bonds is 6. The highest BCUT2D eigenvalue weighted by Gasteiger charge is 2.27. The van der Waals surface area contributed by atoms with Crippen LogP contribution in [0.4, 0.5) is 0 Å². The number of benzene rings is 1. The van der Waals surface area contributed by atoms with Gasteiger partial charge in [0.2, 0.25) is 0 Å². The molecule has 146 valence electrons. The molecule has 1 saturated heterocycles. The van der Waals surface area contributed by atoms with E-state index in [1.54, 1.807) is 32.5 Å².